The maximum absolute atomic E-state index is 13.5. The molecule has 0 saturated carbocycles. The second-order valence-corrected chi connectivity index (χ2v) is 7.40. The van der Waals surface area contributed by atoms with Crippen molar-refractivity contribution in [2.75, 3.05) is 14.2 Å². The molecule has 0 bridgehead atoms. The highest BCUT2D eigenvalue weighted by Crippen LogP contribution is 2.24. The van der Waals surface area contributed by atoms with Crippen molar-refractivity contribution in [2.45, 2.75) is 33.4 Å². The van der Waals surface area contributed by atoms with Crippen LogP contribution in [0.4, 0.5) is 0 Å². The van der Waals surface area contributed by atoms with Gasteiger partial charge in [-0.2, -0.15) is 0 Å². The zero-order valence-corrected chi connectivity index (χ0v) is 18.7. The minimum absolute atomic E-state index is 0.0995. The Balaban J connectivity index is 1.99. The number of methoxy groups -OCH3 is 2. The second kappa shape index (κ2) is 9.55. The van der Waals surface area contributed by atoms with Gasteiger partial charge < -0.3 is 23.8 Å². The molecule has 168 valence electrons. The van der Waals surface area contributed by atoms with Crippen molar-refractivity contribution in [3.8, 4) is 5.75 Å². The number of rotatable bonds is 8. The molecule has 1 aromatic carbocycles. The maximum Gasteiger partial charge on any atom is 0.354 e. The minimum Gasteiger partial charge on any atom is -0.497 e. The van der Waals surface area contributed by atoms with Gasteiger partial charge in [-0.1, -0.05) is 6.07 Å². The molecule has 32 heavy (non-hydrogen) atoms. The standard InChI is InChI=1S/C24H26N2O6/c1-14-20(15(2)25-21(14)24(29)31-5)22(27)16(3)26(13-19-10-7-11-32-19)23(28)17-8-6-9-18(12-17)30-4/h6-12,16,25H,13H2,1-5H3. The molecule has 0 radical (unpaired) electrons. The van der Waals surface area contributed by atoms with Crippen LogP contribution in [0.5, 0.6) is 5.75 Å². The predicted molar refractivity (Wildman–Crippen MR) is 117 cm³/mol. The van der Waals surface area contributed by atoms with Crippen molar-refractivity contribution >= 4 is 17.7 Å². The number of ether oxygens (including phenoxy) is 2. The zero-order valence-electron chi connectivity index (χ0n) is 18.7. The first-order valence-corrected chi connectivity index (χ1v) is 10.1. The van der Waals surface area contributed by atoms with Crippen molar-refractivity contribution in [3.63, 3.8) is 0 Å². The lowest BCUT2D eigenvalue weighted by atomic mass is 9.99. The molecule has 0 fully saturated rings. The van der Waals surface area contributed by atoms with E-state index >= 15 is 0 Å². The van der Waals surface area contributed by atoms with Crippen molar-refractivity contribution < 1.29 is 28.3 Å². The third-order valence-electron chi connectivity index (χ3n) is 5.40. The first kappa shape index (κ1) is 22.9. The van der Waals surface area contributed by atoms with E-state index in [4.69, 9.17) is 13.9 Å². The van der Waals surface area contributed by atoms with Crippen molar-refractivity contribution in [2.24, 2.45) is 0 Å². The van der Waals surface area contributed by atoms with Crippen molar-refractivity contribution in [3.05, 3.63) is 76.5 Å². The summed E-state index contributed by atoms with van der Waals surface area (Å²) in [5.41, 5.74) is 1.98. The van der Waals surface area contributed by atoms with Crippen LogP contribution in [0.3, 0.4) is 0 Å². The number of H-pyrrole nitrogens is 1. The van der Waals surface area contributed by atoms with Gasteiger partial charge in [0.2, 0.25) is 0 Å². The topological polar surface area (TPSA) is 102 Å². The van der Waals surface area contributed by atoms with Gasteiger partial charge in [0.25, 0.3) is 5.91 Å². The van der Waals surface area contributed by atoms with E-state index in [0.717, 1.165) is 0 Å². The third kappa shape index (κ3) is 4.44. The molecular weight excluding hydrogens is 412 g/mol. The van der Waals surface area contributed by atoms with Crippen LogP contribution < -0.4 is 4.74 Å². The molecule has 0 aliphatic carbocycles. The van der Waals surface area contributed by atoms with Crippen LogP contribution in [0.2, 0.25) is 0 Å². The largest absolute Gasteiger partial charge is 0.497 e. The first-order chi connectivity index (χ1) is 15.3. The van der Waals surface area contributed by atoms with Crippen molar-refractivity contribution in [1.29, 1.82) is 0 Å². The van der Waals surface area contributed by atoms with E-state index in [2.05, 4.69) is 4.98 Å². The van der Waals surface area contributed by atoms with E-state index in [1.54, 1.807) is 57.2 Å². The molecule has 8 heteroatoms. The highest BCUT2D eigenvalue weighted by Gasteiger charge is 2.32. The number of furan rings is 1. The lowest BCUT2D eigenvalue weighted by molar-refractivity contribution is 0.0590. The summed E-state index contributed by atoms with van der Waals surface area (Å²) >= 11 is 0. The van der Waals surface area contributed by atoms with Gasteiger partial charge in [0.05, 0.1) is 33.1 Å². The predicted octanol–water partition coefficient (Wildman–Crippen LogP) is 3.93. The summed E-state index contributed by atoms with van der Waals surface area (Å²) < 4.78 is 15.5. The Kier molecular flexibility index (Phi) is 6.82. The number of carbonyl (C=O) groups is 3. The van der Waals surface area contributed by atoms with E-state index in [1.165, 1.54) is 25.4 Å². The number of ketones is 1. The summed E-state index contributed by atoms with van der Waals surface area (Å²) in [6.07, 6.45) is 1.51. The van der Waals surface area contributed by atoms with Gasteiger partial charge in [0.15, 0.2) is 5.78 Å². The van der Waals surface area contributed by atoms with Gasteiger partial charge in [0, 0.05) is 16.8 Å². The van der Waals surface area contributed by atoms with E-state index in [9.17, 15) is 14.4 Å². The van der Waals surface area contributed by atoms with E-state index in [1.807, 2.05) is 0 Å². The van der Waals surface area contributed by atoms with Crippen LogP contribution in [0.25, 0.3) is 0 Å². The molecule has 2 heterocycles. The molecule has 0 spiro atoms. The SMILES string of the molecule is COC(=O)c1[nH]c(C)c(C(=O)C(C)N(Cc2ccco2)C(=O)c2cccc(OC)c2)c1C. The van der Waals surface area contributed by atoms with Gasteiger partial charge in [-0.05, 0) is 56.7 Å². The average molecular weight is 438 g/mol. The average Bonchev–Trinajstić information content (AvgIpc) is 3.42. The molecule has 0 aliphatic heterocycles. The number of aromatic nitrogens is 1. The number of amides is 1. The summed E-state index contributed by atoms with van der Waals surface area (Å²) in [4.78, 5) is 43.4. The van der Waals surface area contributed by atoms with Crippen LogP contribution in [0, 0.1) is 13.8 Å². The molecule has 1 unspecified atom stereocenters. The molecular formula is C24H26N2O6. The van der Waals surface area contributed by atoms with Gasteiger partial charge >= 0.3 is 5.97 Å². The quantitative estimate of drug-likeness (QED) is 0.422. The van der Waals surface area contributed by atoms with Crippen LogP contribution in [0.15, 0.2) is 47.1 Å². The van der Waals surface area contributed by atoms with E-state index in [-0.39, 0.29) is 23.9 Å². The fraction of sp³-hybridized carbons (Fsp3) is 0.292. The number of esters is 1. The van der Waals surface area contributed by atoms with Crippen LogP contribution >= 0.6 is 0 Å². The highest BCUT2D eigenvalue weighted by atomic mass is 16.5. The molecule has 1 atom stereocenters. The monoisotopic (exact) mass is 438 g/mol. The smallest absolute Gasteiger partial charge is 0.354 e. The number of nitrogens with one attached hydrogen (secondary N) is 1. The summed E-state index contributed by atoms with van der Waals surface area (Å²) in [5, 5.41) is 0. The number of aromatic amines is 1. The lowest BCUT2D eigenvalue weighted by Gasteiger charge is -2.28. The summed E-state index contributed by atoms with van der Waals surface area (Å²) in [5.74, 6) is -0.127. The first-order valence-electron chi connectivity index (χ1n) is 10.1. The number of benzene rings is 1. The Morgan fingerprint density at radius 1 is 1.12 bits per heavy atom. The lowest BCUT2D eigenvalue weighted by Crippen LogP contribution is -2.43. The van der Waals surface area contributed by atoms with Gasteiger partial charge in [-0.3, -0.25) is 9.59 Å². The Morgan fingerprint density at radius 3 is 2.50 bits per heavy atom. The molecule has 1 N–H and O–H groups in total. The van der Waals surface area contributed by atoms with Gasteiger partial charge in [-0.15, -0.1) is 0 Å². The molecule has 0 saturated heterocycles. The minimum atomic E-state index is -0.836. The molecule has 3 aromatic rings. The maximum atomic E-state index is 13.5. The number of hydrogen-bond acceptors (Lipinski definition) is 6. The van der Waals surface area contributed by atoms with Crippen molar-refractivity contribution in [1.82, 2.24) is 9.88 Å². The number of Topliss-reactive ketones (excluding diaryl/α,β-unsaturated/α-hetero) is 1. The number of carbonyl (C=O) groups excluding carboxylic acids is 3. The van der Waals surface area contributed by atoms with Gasteiger partial charge in [0.1, 0.15) is 17.2 Å². The molecule has 2 aromatic heterocycles. The third-order valence-corrected chi connectivity index (χ3v) is 5.40. The molecule has 0 aliphatic rings. The summed E-state index contributed by atoms with van der Waals surface area (Å²) in [6, 6.07) is 9.37. The Hall–Kier alpha value is -3.81. The highest BCUT2D eigenvalue weighted by molar-refractivity contribution is 6.07. The van der Waals surface area contributed by atoms with Crippen LogP contribution in [-0.4, -0.2) is 47.8 Å². The number of hydrogen-bond donors (Lipinski definition) is 1. The number of nitrogens with zero attached hydrogens (tertiary/aromatic N) is 1. The van der Waals surface area contributed by atoms with Gasteiger partial charge in [-0.25, -0.2) is 4.79 Å². The Morgan fingerprint density at radius 2 is 1.88 bits per heavy atom. The Labute approximate surface area is 186 Å². The van der Waals surface area contributed by atoms with Crippen LogP contribution in [-0.2, 0) is 11.3 Å². The zero-order chi connectivity index (χ0) is 23.4. The fourth-order valence-corrected chi connectivity index (χ4v) is 3.65. The molecule has 3 rings (SSSR count). The number of aryl methyl sites for hydroxylation is 1. The fourth-order valence-electron chi connectivity index (χ4n) is 3.65. The molecule has 8 nitrogen and oxygen atoms in total. The summed E-state index contributed by atoms with van der Waals surface area (Å²) in [6.45, 7) is 5.14. The molecule has 1 amide bonds. The van der Waals surface area contributed by atoms with Crippen LogP contribution in [0.1, 0.15) is 55.1 Å². The van der Waals surface area contributed by atoms with E-state index in [0.29, 0.717) is 33.9 Å². The Bertz CT molecular complexity index is 1130. The second-order valence-electron chi connectivity index (χ2n) is 7.40. The van der Waals surface area contributed by atoms with E-state index < -0.39 is 12.0 Å². The summed E-state index contributed by atoms with van der Waals surface area (Å²) in [7, 11) is 2.80. The normalized spacial score (nSPS) is 11.7.